The number of aryl methyl sites for hydroxylation is 1. The zero-order valence-corrected chi connectivity index (χ0v) is 13.9. The Morgan fingerprint density at radius 1 is 1.23 bits per heavy atom. The molecule has 1 aromatic heterocycles. The molecule has 0 radical (unpaired) electrons. The second-order valence-electron chi connectivity index (χ2n) is 6.13. The second kappa shape index (κ2) is 7.25. The summed E-state index contributed by atoms with van der Waals surface area (Å²) in [4.78, 5) is 12.4. The van der Waals surface area contributed by atoms with Crippen LogP contribution in [0.15, 0.2) is 30.3 Å². The van der Waals surface area contributed by atoms with Gasteiger partial charge in [0.1, 0.15) is 0 Å². The van der Waals surface area contributed by atoms with Crippen molar-refractivity contribution in [3.05, 3.63) is 52.8 Å². The highest BCUT2D eigenvalue weighted by molar-refractivity contribution is 5.96. The molecule has 0 atom stereocenters. The van der Waals surface area contributed by atoms with Crippen LogP contribution in [-0.2, 0) is 6.54 Å². The average molecular weight is 299 g/mol. The molecule has 1 aromatic carbocycles. The molecule has 4 heteroatoms. The first-order chi connectivity index (χ1) is 10.5. The number of amides is 1. The first-order valence-electron chi connectivity index (χ1n) is 7.85. The van der Waals surface area contributed by atoms with Crippen LogP contribution < -0.4 is 5.32 Å². The second-order valence-corrected chi connectivity index (χ2v) is 6.13. The van der Waals surface area contributed by atoms with E-state index in [1.165, 1.54) is 5.56 Å². The predicted octanol–water partition coefficient (Wildman–Crippen LogP) is 3.32. The van der Waals surface area contributed by atoms with Gasteiger partial charge >= 0.3 is 0 Å². The molecule has 2 rings (SSSR count). The normalized spacial score (nSPS) is 11.0. The Hall–Kier alpha value is -2.10. The summed E-state index contributed by atoms with van der Waals surface area (Å²) >= 11 is 0. The molecule has 0 saturated carbocycles. The summed E-state index contributed by atoms with van der Waals surface area (Å²) in [6, 6.07) is 10.2. The van der Waals surface area contributed by atoms with E-state index in [1.54, 1.807) is 0 Å². The lowest BCUT2D eigenvalue weighted by molar-refractivity contribution is 0.0950. The Bertz CT molecular complexity index is 629. The van der Waals surface area contributed by atoms with E-state index in [0.717, 1.165) is 17.8 Å². The zero-order chi connectivity index (χ0) is 16.1. The fourth-order valence-electron chi connectivity index (χ4n) is 2.50. The summed E-state index contributed by atoms with van der Waals surface area (Å²) in [5.74, 6) is 0.568. The van der Waals surface area contributed by atoms with Gasteiger partial charge in [0, 0.05) is 12.2 Å². The van der Waals surface area contributed by atoms with Gasteiger partial charge in [-0.25, -0.2) is 0 Å². The Labute approximate surface area is 132 Å². The van der Waals surface area contributed by atoms with Gasteiger partial charge in [-0.15, -0.1) is 0 Å². The molecule has 0 fully saturated rings. The Kier molecular flexibility index (Phi) is 5.36. The van der Waals surface area contributed by atoms with E-state index >= 15 is 0 Å². The van der Waals surface area contributed by atoms with Crippen molar-refractivity contribution in [2.75, 3.05) is 6.54 Å². The summed E-state index contributed by atoms with van der Waals surface area (Å²) in [7, 11) is 0. The molecule has 0 aliphatic heterocycles. The molecular weight excluding hydrogens is 274 g/mol. The van der Waals surface area contributed by atoms with Crippen molar-refractivity contribution in [3.8, 4) is 0 Å². The minimum absolute atomic E-state index is 0.0186. The van der Waals surface area contributed by atoms with Crippen LogP contribution in [0.3, 0.4) is 0 Å². The summed E-state index contributed by atoms with van der Waals surface area (Å²) in [6.07, 6.45) is 0.988. The lowest BCUT2D eigenvalue weighted by Gasteiger charge is -2.08. The van der Waals surface area contributed by atoms with Crippen molar-refractivity contribution in [2.24, 2.45) is 5.92 Å². The third-order valence-electron chi connectivity index (χ3n) is 3.79. The Balaban J connectivity index is 2.11. The quantitative estimate of drug-likeness (QED) is 0.889. The number of carbonyl (C=O) groups is 1. The van der Waals surface area contributed by atoms with Crippen LogP contribution in [0.1, 0.15) is 47.6 Å². The first kappa shape index (κ1) is 16.3. The lowest BCUT2D eigenvalue weighted by atomic mass is 10.1. The summed E-state index contributed by atoms with van der Waals surface area (Å²) in [5, 5.41) is 7.52. The maximum absolute atomic E-state index is 12.4. The monoisotopic (exact) mass is 299 g/mol. The smallest absolute Gasteiger partial charge is 0.255 e. The molecule has 1 heterocycles. The fourth-order valence-corrected chi connectivity index (χ4v) is 2.50. The molecule has 0 aliphatic carbocycles. The van der Waals surface area contributed by atoms with Crippen LogP contribution >= 0.6 is 0 Å². The summed E-state index contributed by atoms with van der Waals surface area (Å²) in [6.45, 7) is 9.55. The van der Waals surface area contributed by atoms with Crippen LogP contribution in [0.4, 0.5) is 0 Å². The molecule has 0 unspecified atom stereocenters. The maximum Gasteiger partial charge on any atom is 0.255 e. The number of aromatic nitrogens is 2. The third kappa shape index (κ3) is 3.97. The van der Waals surface area contributed by atoms with E-state index in [9.17, 15) is 4.79 Å². The van der Waals surface area contributed by atoms with Gasteiger partial charge in [-0.2, -0.15) is 5.10 Å². The Morgan fingerprint density at radius 2 is 1.91 bits per heavy atom. The van der Waals surface area contributed by atoms with Crippen molar-refractivity contribution in [3.63, 3.8) is 0 Å². The fraction of sp³-hybridized carbons (Fsp3) is 0.444. The van der Waals surface area contributed by atoms with Crippen LogP contribution in [0.2, 0.25) is 0 Å². The molecule has 4 nitrogen and oxygen atoms in total. The molecule has 0 bridgehead atoms. The van der Waals surface area contributed by atoms with Crippen molar-refractivity contribution in [2.45, 2.75) is 40.7 Å². The van der Waals surface area contributed by atoms with E-state index in [-0.39, 0.29) is 5.91 Å². The number of hydrogen-bond acceptors (Lipinski definition) is 2. The average Bonchev–Trinajstić information content (AvgIpc) is 2.74. The third-order valence-corrected chi connectivity index (χ3v) is 3.79. The van der Waals surface area contributed by atoms with E-state index < -0.39 is 0 Å². The van der Waals surface area contributed by atoms with E-state index in [4.69, 9.17) is 0 Å². The number of nitrogens with one attached hydrogen (secondary N) is 1. The molecule has 0 saturated heterocycles. The summed E-state index contributed by atoms with van der Waals surface area (Å²) < 4.78 is 1.90. The zero-order valence-electron chi connectivity index (χ0n) is 13.9. The number of carbonyl (C=O) groups excluding carboxylic acids is 1. The highest BCUT2D eigenvalue weighted by Crippen LogP contribution is 2.15. The largest absolute Gasteiger partial charge is 0.352 e. The van der Waals surface area contributed by atoms with Gasteiger partial charge in [0.2, 0.25) is 0 Å². The Morgan fingerprint density at radius 3 is 2.55 bits per heavy atom. The van der Waals surface area contributed by atoms with Crippen LogP contribution in [0, 0.1) is 19.8 Å². The molecule has 2 aromatic rings. The topological polar surface area (TPSA) is 46.9 Å². The first-order valence-corrected chi connectivity index (χ1v) is 7.85. The number of nitrogens with zero attached hydrogens (tertiary/aromatic N) is 2. The van der Waals surface area contributed by atoms with E-state index in [2.05, 4.69) is 36.4 Å². The molecule has 22 heavy (non-hydrogen) atoms. The maximum atomic E-state index is 12.4. The van der Waals surface area contributed by atoms with Crippen LogP contribution in [-0.4, -0.2) is 22.2 Å². The molecule has 118 valence electrons. The molecule has 0 spiro atoms. The summed E-state index contributed by atoms with van der Waals surface area (Å²) in [5.41, 5.74) is 3.60. The minimum Gasteiger partial charge on any atom is -0.352 e. The van der Waals surface area contributed by atoms with Crippen molar-refractivity contribution >= 4 is 5.91 Å². The van der Waals surface area contributed by atoms with Crippen molar-refractivity contribution in [1.29, 1.82) is 0 Å². The molecule has 1 amide bonds. The van der Waals surface area contributed by atoms with Crippen molar-refractivity contribution < 1.29 is 4.79 Å². The number of rotatable bonds is 6. The minimum atomic E-state index is -0.0186. The van der Waals surface area contributed by atoms with Gasteiger partial charge in [0.05, 0.1) is 17.8 Å². The van der Waals surface area contributed by atoms with Gasteiger partial charge in [0.15, 0.2) is 0 Å². The van der Waals surface area contributed by atoms with Gasteiger partial charge in [-0.05, 0) is 31.7 Å². The highest BCUT2D eigenvalue weighted by atomic mass is 16.1. The highest BCUT2D eigenvalue weighted by Gasteiger charge is 2.18. The molecule has 1 N–H and O–H groups in total. The lowest BCUT2D eigenvalue weighted by Crippen LogP contribution is -2.26. The molecular formula is C18H25N3O. The van der Waals surface area contributed by atoms with Crippen LogP contribution in [0.25, 0.3) is 0 Å². The standard InChI is InChI=1S/C18H25N3O/c1-13(2)10-11-19-18(22)17-14(3)20-21(15(17)4)12-16-8-6-5-7-9-16/h5-9,13H,10-12H2,1-4H3,(H,19,22). The van der Waals surface area contributed by atoms with Gasteiger partial charge < -0.3 is 5.32 Å². The van der Waals surface area contributed by atoms with Gasteiger partial charge in [-0.3, -0.25) is 9.48 Å². The SMILES string of the molecule is Cc1nn(Cc2ccccc2)c(C)c1C(=O)NCCC(C)C. The predicted molar refractivity (Wildman–Crippen MR) is 89.0 cm³/mol. The number of benzene rings is 1. The molecule has 0 aliphatic rings. The van der Waals surface area contributed by atoms with E-state index in [1.807, 2.05) is 36.7 Å². The van der Waals surface area contributed by atoms with Crippen molar-refractivity contribution in [1.82, 2.24) is 15.1 Å². The van der Waals surface area contributed by atoms with Gasteiger partial charge in [-0.1, -0.05) is 44.2 Å². The van der Waals surface area contributed by atoms with Gasteiger partial charge in [0.25, 0.3) is 5.91 Å². The van der Waals surface area contributed by atoms with Crippen LogP contribution in [0.5, 0.6) is 0 Å². The van der Waals surface area contributed by atoms with E-state index in [0.29, 0.717) is 24.6 Å². The number of hydrogen-bond donors (Lipinski definition) is 1.